The van der Waals surface area contributed by atoms with E-state index in [1.165, 1.54) is 5.69 Å². The average Bonchev–Trinajstić information content (AvgIpc) is 3.20. The number of nitrogens with one attached hydrogen (secondary N) is 1. The van der Waals surface area contributed by atoms with Crippen molar-refractivity contribution in [2.24, 2.45) is 4.99 Å². The number of pyridine rings is 1. The minimum absolute atomic E-state index is 0.0385. The summed E-state index contributed by atoms with van der Waals surface area (Å²) >= 11 is 0. The molecule has 0 unspecified atom stereocenters. The molecule has 0 radical (unpaired) electrons. The maximum atomic E-state index is 13.6. The van der Waals surface area contributed by atoms with Crippen molar-refractivity contribution in [1.82, 2.24) is 10.3 Å². The first-order valence-electron chi connectivity index (χ1n) is 12.0. The lowest BCUT2D eigenvalue weighted by atomic mass is 9.88. The molecule has 2 aromatic rings. The predicted molar refractivity (Wildman–Crippen MR) is 133 cm³/mol. The van der Waals surface area contributed by atoms with E-state index < -0.39 is 11.1 Å². The lowest BCUT2D eigenvalue weighted by Gasteiger charge is -2.32. The van der Waals surface area contributed by atoms with Gasteiger partial charge in [0.05, 0.1) is 17.6 Å². The molecular formula is C26H35N5O2. The largest absolute Gasteiger partial charge is 0.384 e. The molecule has 7 heteroatoms. The second-order valence-electron chi connectivity index (χ2n) is 9.08. The van der Waals surface area contributed by atoms with Gasteiger partial charge in [-0.2, -0.15) is 0 Å². The molecule has 33 heavy (non-hydrogen) atoms. The van der Waals surface area contributed by atoms with Crippen molar-refractivity contribution in [3.8, 4) is 0 Å². The minimum Gasteiger partial charge on any atom is -0.384 e. The number of benzene rings is 1. The molecule has 2 saturated heterocycles. The molecule has 0 spiro atoms. The molecule has 1 aromatic carbocycles. The van der Waals surface area contributed by atoms with Gasteiger partial charge in [-0.15, -0.1) is 0 Å². The van der Waals surface area contributed by atoms with Crippen LogP contribution in [-0.2, 0) is 16.8 Å². The molecule has 2 N–H and O–H groups in total. The summed E-state index contributed by atoms with van der Waals surface area (Å²) in [5.41, 5.74) is 1.87. The second-order valence-corrected chi connectivity index (χ2v) is 9.08. The third-order valence-electron chi connectivity index (χ3n) is 7.33. The molecule has 3 heterocycles. The zero-order valence-electron chi connectivity index (χ0n) is 19.8. The summed E-state index contributed by atoms with van der Waals surface area (Å²) in [5, 5.41) is 14.1. The number of rotatable bonds is 8. The maximum Gasteiger partial charge on any atom is 0.255 e. The monoisotopic (exact) mass is 449 g/mol. The number of carbonyl (C=O) groups is 1. The van der Waals surface area contributed by atoms with E-state index in [4.69, 9.17) is 0 Å². The zero-order valence-corrected chi connectivity index (χ0v) is 19.8. The van der Waals surface area contributed by atoms with Crippen LogP contribution in [0, 0.1) is 0 Å². The summed E-state index contributed by atoms with van der Waals surface area (Å²) < 4.78 is 0. The highest BCUT2D eigenvalue weighted by Crippen LogP contribution is 2.36. The normalized spacial score (nSPS) is 21.5. The number of carbonyl (C=O) groups excluding carboxylic acids is 1. The lowest BCUT2D eigenvalue weighted by molar-refractivity contribution is -0.121. The van der Waals surface area contributed by atoms with Crippen molar-refractivity contribution < 1.29 is 9.90 Å². The number of aliphatic imine (C=N–C) groups is 1. The molecule has 1 aromatic heterocycles. The Hall–Kier alpha value is -2.77. The van der Waals surface area contributed by atoms with Crippen LogP contribution in [-0.4, -0.2) is 61.0 Å². The number of aliphatic hydroxyl groups is 1. The van der Waals surface area contributed by atoms with E-state index in [0.29, 0.717) is 37.9 Å². The van der Waals surface area contributed by atoms with Gasteiger partial charge < -0.3 is 20.2 Å². The summed E-state index contributed by atoms with van der Waals surface area (Å²) in [5.74, 6) is -0.0385. The Labute approximate surface area is 196 Å². The molecule has 2 fully saturated rings. The molecule has 0 aliphatic carbocycles. The fourth-order valence-electron chi connectivity index (χ4n) is 4.99. The zero-order chi connectivity index (χ0) is 23.5. The van der Waals surface area contributed by atoms with Crippen LogP contribution in [0.1, 0.15) is 44.4 Å². The van der Waals surface area contributed by atoms with E-state index in [0.717, 1.165) is 37.4 Å². The number of aromatic nitrogens is 1. The van der Waals surface area contributed by atoms with Gasteiger partial charge in [0.2, 0.25) is 0 Å². The Balaban J connectivity index is 1.56. The Morgan fingerprint density at radius 1 is 1.15 bits per heavy atom. The van der Waals surface area contributed by atoms with Gasteiger partial charge in [0, 0.05) is 44.8 Å². The summed E-state index contributed by atoms with van der Waals surface area (Å²) in [6.07, 6.45) is 4.02. The highest BCUT2D eigenvalue weighted by Gasteiger charge is 2.47. The molecule has 4 rings (SSSR count). The van der Waals surface area contributed by atoms with Crippen LogP contribution in [0.3, 0.4) is 0 Å². The maximum absolute atomic E-state index is 13.6. The van der Waals surface area contributed by atoms with Gasteiger partial charge in [-0.25, -0.2) is 0 Å². The van der Waals surface area contributed by atoms with Crippen molar-refractivity contribution in [2.75, 3.05) is 42.5 Å². The van der Waals surface area contributed by atoms with Crippen LogP contribution in [0.2, 0.25) is 0 Å². The standard InChI is InChI=1S/C26H35N5O2/c1-4-26(33,5-2)23-11-10-21(19-29-23)31-15-12-25(27-3,24(31)32)18-20-8-6-7-9-22(20)30-16-13-28-14-17-30/h6-11,19,28,33H,3-5,12-18H2,1-2H3/t25-/m1/s1. The molecule has 1 atom stereocenters. The quantitative estimate of drug-likeness (QED) is 0.606. The van der Waals surface area contributed by atoms with E-state index >= 15 is 0 Å². The minimum atomic E-state index is -0.937. The van der Waals surface area contributed by atoms with Crippen molar-refractivity contribution >= 4 is 24.0 Å². The van der Waals surface area contributed by atoms with Crippen molar-refractivity contribution in [2.45, 2.75) is 50.7 Å². The summed E-state index contributed by atoms with van der Waals surface area (Å²) in [6, 6.07) is 12.0. The Morgan fingerprint density at radius 2 is 1.88 bits per heavy atom. The molecule has 2 aliphatic rings. The van der Waals surface area contributed by atoms with Crippen LogP contribution >= 0.6 is 0 Å². The second kappa shape index (κ2) is 9.61. The third kappa shape index (κ3) is 4.39. The SMILES string of the molecule is C=N[C@@]1(Cc2ccccc2N2CCNCC2)CCN(c2ccc(C(O)(CC)CC)nc2)C1=O. The van der Waals surface area contributed by atoms with E-state index in [2.05, 4.69) is 45.1 Å². The number of hydrogen-bond acceptors (Lipinski definition) is 6. The van der Waals surface area contributed by atoms with Crippen LogP contribution in [0.15, 0.2) is 47.6 Å². The predicted octanol–water partition coefficient (Wildman–Crippen LogP) is 2.92. The fraction of sp³-hybridized carbons (Fsp3) is 0.500. The number of nitrogens with zero attached hydrogens (tertiary/aromatic N) is 4. The first kappa shape index (κ1) is 23.4. The number of para-hydroxylation sites is 1. The molecule has 0 bridgehead atoms. The molecule has 0 saturated carbocycles. The van der Waals surface area contributed by atoms with Gasteiger partial charge >= 0.3 is 0 Å². The number of anilines is 2. The van der Waals surface area contributed by atoms with Gasteiger partial charge in [0.25, 0.3) is 5.91 Å². The summed E-state index contributed by atoms with van der Waals surface area (Å²) in [6.45, 7) is 12.1. The first-order chi connectivity index (χ1) is 16.0. The Kier molecular flexibility index (Phi) is 6.81. The lowest BCUT2D eigenvalue weighted by Crippen LogP contribution is -2.44. The molecule has 7 nitrogen and oxygen atoms in total. The van der Waals surface area contributed by atoms with Crippen molar-refractivity contribution in [3.05, 3.63) is 53.9 Å². The number of amides is 1. The van der Waals surface area contributed by atoms with Gasteiger partial charge in [0.1, 0.15) is 11.1 Å². The summed E-state index contributed by atoms with van der Waals surface area (Å²) in [4.78, 5) is 26.7. The number of hydrogen-bond donors (Lipinski definition) is 2. The Morgan fingerprint density at radius 3 is 2.52 bits per heavy atom. The molecule has 2 aliphatic heterocycles. The molecule has 176 valence electrons. The van der Waals surface area contributed by atoms with Crippen LogP contribution in [0.4, 0.5) is 11.4 Å². The van der Waals surface area contributed by atoms with Gasteiger partial charge in [0.15, 0.2) is 0 Å². The first-order valence-corrected chi connectivity index (χ1v) is 12.0. The van der Waals surface area contributed by atoms with E-state index in [1.54, 1.807) is 11.1 Å². The van der Waals surface area contributed by atoms with Crippen molar-refractivity contribution in [1.29, 1.82) is 0 Å². The van der Waals surface area contributed by atoms with Gasteiger partial charge in [-0.3, -0.25) is 14.8 Å². The molecule has 1 amide bonds. The summed E-state index contributed by atoms with van der Waals surface area (Å²) in [7, 11) is 0. The smallest absolute Gasteiger partial charge is 0.255 e. The van der Waals surface area contributed by atoms with Crippen LogP contribution < -0.4 is 15.1 Å². The highest BCUT2D eigenvalue weighted by molar-refractivity contribution is 6.03. The fourth-order valence-corrected chi connectivity index (χ4v) is 4.99. The van der Waals surface area contributed by atoms with Crippen molar-refractivity contribution in [3.63, 3.8) is 0 Å². The van der Waals surface area contributed by atoms with E-state index in [1.807, 2.05) is 32.0 Å². The highest BCUT2D eigenvalue weighted by atomic mass is 16.3. The third-order valence-corrected chi connectivity index (χ3v) is 7.33. The molecular weight excluding hydrogens is 414 g/mol. The Bertz CT molecular complexity index is 982. The van der Waals surface area contributed by atoms with E-state index in [9.17, 15) is 9.90 Å². The van der Waals surface area contributed by atoms with E-state index in [-0.39, 0.29) is 5.91 Å². The topological polar surface area (TPSA) is 81.1 Å². The van der Waals surface area contributed by atoms with Gasteiger partial charge in [-0.1, -0.05) is 32.0 Å². The van der Waals surface area contributed by atoms with Crippen LogP contribution in [0.5, 0.6) is 0 Å². The number of piperazine rings is 1. The average molecular weight is 450 g/mol. The van der Waals surface area contributed by atoms with Gasteiger partial charge in [-0.05, 0) is 49.7 Å². The van der Waals surface area contributed by atoms with Crippen LogP contribution in [0.25, 0.3) is 0 Å².